The highest BCUT2D eigenvalue weighted by Crippen LogP contribution is 2.21. The third-order valence-corrected chi connectivity index (χ3v) is 2.07. The van der Waals surface area contributed by atoms with Crippen LogP contribution in [-0.4, -0.2) is 6.54 Å². The van der Waals surface area contributed by atoms with Crippen LogP contribution in [0.15, 0.2) is 23.8 Å². The first-order valence-corrected chi connectivity index (χ1v) is 4.84. The Labute approximate surface area is 88.8 Å². The Hall–Kier alpha value is -1.38. The van der Waals surface area contributed by atoms with Crippen molar-refractivity contribution in [2.75, 3.05) is 11.9 Å². The first kappa shape index (κ1) is 11.7. The summed E-state index contributed by atoms with van der Waals surface area (Å²) in [6.45, 7) is 5.91. The van der Waals surface area contributed by atoms with Crippen LogP contribution in [0.4, 0.5) is 14.5 Å². The molecule has 0 unspecified atom stereocenters. The lowest BCUT2D eigenvalue weighted by molar-refractivity contribution is 0.583. The third kappa shape index (κ3) is 3.05. The molecule has 0 aliphatic carbocycles. The summed E-state index contributed by atoms with van der Waals surface area (Å²) in [7, 11) is 0. The minimum Gasteiger partial charge on any atom is -0.377 e. The minimum absolute atomic E-state index is 0.0486. The van der Waals surface area contributed by atoms with Gasteiger partial charge in [-0.1, -0.05) is 17.7 Å². The molecule has 1 nitrogen and oxygen atoms in total. The van der Waals surface area contributed by atoms with Crippen LogP contribution in [0.3, 0.4) is 0 Å². The van der Waals surface area contributed by atoms with Gasteiger partial charge < -0.3 is 5.32 Å². The lowest BCUT2D eigenvalue weighted by Gasteiger charge is -2.08. The van der Waals surface area contributed by atoms with E-state index in [1.54, 1.807) is 6.92 Å². The summed E-state index contributed by atoms with van der Waals surface area (Å²) >= 11 is 0. The normalized spacial score (nSPS) is 9.93. The van der Waals surface area contributed by atoms with Gasteiger partial charge in [0.15, 0.2) is 5.82 Å². The molecule has 0 bridgehead atoms. The highest BCUT2D eigenvalue weighted by atomic mass is 19.1. The smallest absolute Gasteiger partial charge is 0.152 e. The molecule has 0 heterocycles. The van der Waals surface area contributed by atoms with Crippen LogP contribution >= 0.6 is 0 Å². The average Bonchev–Trinajstić information content (AvgIpc) is 2.17. The van der Waals surface area contributed by atoms with Crippen molar-refractivity contribution >= 4 is 5.69 Å². The van der Waals surface area contributed by atoms with E-state index in [9.17, 15) is 8.78 Å². The molecule has 0 fully saturated rings. The maximum absolute atomic E-state index is 13.5. The molecule has 0 amide bonds. The van der Waals surface area contributed by atoms with E-state index in [-0.39, 0.29) is 5.69 Å². The zero-order chi connectivity index (χ0) is 11.4. The molecule has 0 aromatic heterocycles. The average molecular weight is 211 g/mol. The second kappa shape index (κ2) is 4.91. The molecular weight excluding hydrogens is 196 g/mol. The Balaban J connectivity index is 2.85. The fourth-order valence-corrected chi connectivity index (χ4v) is 1.18. The molecule has 0 saturated carbocycles. The van der Waals surface area contributed by atoms with Crippen LogP contribution in [0.1, 0.15) is 19.4 Å². The van der Waals surface area contributed by atoms with Gasteiger partial charge in [0.1, 0.15) is 11.5 Å². The quantitative estimate of drug-likeness (QED) is 0.752. The number of rotatable bonds is 3. The van der Waals surface area contributed by atoms with E-state index in [1.807, 2.05) is 19.9 Å². The van der Waals surface area contributed by atoms with Gasteiger partial charge in [0.05, 0.1) is 0 Å². The summed E-state index contributed by atoms with van der Waals surface area (Å²) in [5, 5.41) is 2.73. The van der Waals surface area contributed by atoms with Gasteiger partial charge in [0.2, 0.25) is 0 Å². The molecule has 3 heteroatoms. The topological polar surface area (TPSA) is 12.0 Å². The summed E-state index contributed by atoms with van der Waals surface area (Å²) < 4.78 is 26.7. The summed E-state index contributed by atoms with van der Waals surface area (Å²) in [6, 6.07) is 2.69. The van der Waals surface area contributed by atoms with E-state index in [0.29, 0.717) is 12.1 Å². The summed E-state index contributed by atoms with van der Waals surface area (Å²) in [6.07, 6.45) is 1.88. The Morgan fingerprint density at radius 1 is 1.33 bits per heavy atom. The van der Waals surface area contributed by atoms with Crippen molar-refractivity contribution < 1.29 is 8.78 Å². The molecule has 0 atom stereocenters. The number of nitrogens with one attached hydrogen (secondary N) is 1. The molecule has 0 aliphatic rings. The van der Waals surface area contributed by atoms with Gasteiger partial charge in [0, 0.05) is 6.54 Å². The van der Waals surface area contributed by atoms with Crippen LogP contribution < -0.4 is 5.32 Å². The zero-order valence-electron chi connectivity index (χ0n) is 9.20. The SMILES string of the molecule is CC(C)=CCNc1c(F)ccc(C)c1F. The number of hydrogen-bond donors (Lipinski definition) is 1. The van der Waals surface area contributed by atoms with Crippen molar-refractivity contribution in [3.63, 3.8) is 0 Å². The number of anilines is 1. The van der Waals surface area contributed by atoms with Crippen molar-refractivity contribution in [1.82, 2.24) is 0 Å². The molecule has 1 rings (SSSR count). The van der Waals surface area contributed by atoms with E-state index in [0.717, 1.165) is 5.57 Å². The number of halogens is 2. The Bertz CT molecular complexity index is 379. The third-order valence-electron chi connectivity index (χ3n) is 2.07. The van der Waals surface area contributed by atoms with Crippen molar-refractivity contribution in [2.24, 2.45) is 0 Å². The van der Waals surface area contributed by atoms with Gasteiger partial charge >= 0.3 is 0 Å². The van der Waals surface area contributed by atoms with Gasteiger partial charge in [-0.15, -0.1) is 0 Å². The van der Waals surface area contributed by atoms with Gasteiger partial charge in [-0.2, -0.15) is 0 Å². The van der Waals surface area contributed by atoms with E-state index >= 15 is 0 Å². The molecule has 0 aliphatic heterocycles. The summed E-state index contributed by atoms with van der Waals surface area (Å²) in [5.41, 5.74) is 1.50. The molecule has 15 heavy (non-hydrogen) atoms. The van der Waals surface area contributed by atoms with Crippen molar-refractivity contribution in [1.29, 1.82) is 0 Å². The van der Waals surface area contributed by atoms with Gasteiger partial charge in [-0.25, -0.2) is 8.78 Å². The van der Waals surface area contributed by atoms with E-state index in [4.69, 9.17) is 0 Å². The van der Waals surface area contributed by atoms with Crippen LogP contribution in [0.5, 0.6) is 0 Å². The monoisotopic (exact) mass is 211 g/mol. The summed E-state index contributed by atoms with van der Waals surface area (Å²) in [5.74, 6) is -1.07. The van der Waals surface area contributed by atoms with Crippen LogP contribution in [0.2, 0.25) is 0 Å². The second-order valence-corrected chi connectivity index (χ2v) is 3.72. The Morgan fingerprint density at radius 3 is 2.60 bits per heavy atom. The van der Waals surface area contributed by atoms with Gasteiger partial charge in [-0.3, -0.25) is 0 Å². The number of benzene rings is 1. The second-order valence-electron chi connectivity index (χ2n) is 3.72. The Morgan fingerprint density at radius 2 is 2.00 bits per heavy atom. The highest BCUT2D eigenvalue weighted by Gasteiger charge is 2.09. The number of hydrogen-bond acceptors (Lipinski definition) is 1. The molecular formula is C12H15F2N. The minimum atomic E-state index is -0.555. The van der Waals surface area contributed by atoms with Crippen molar-refractivity contribution in [3.8, 4) is 0 Å². The maximum Gasteiger partial charge on any atom is 0.152 e. The fraction of sp³-hybridized carbons (Fsp3) is 0.333. The summed E-state index contributed by atoms with van der Waals surface area (Å²) in [4.78, 5) is 0. The molecule has 1 N–H and O–H groups in total. The molecule has 1 aromatic carbocycles. The first-order chi connectivity index (χ1) is 7.02. The Kier molecular flexibility index (Phi) is 3.83. The zero-order valence-corrected chi connectivity index (χ0v) is 9.20. The molecule has 0 saturated heterocycles. The van der Waals surface area contributed by atoms with Crippen LogP contribution in [0.25, 0.3) is 0 Å². The van der Waals surface area contributed by atoms with E-state index < -0.39 is 11.6 Å². The largest absolute Gasteiger partial charge is 0.377 e. The lowest BCUT2D eigenvalue weighted by Crippen LogP contribution is -2.04. The molecule has 82 valence electrons. The lowest BCUT2D eigenvalue weighted by atomic mass is 10.2. The van der Waals surface area contributed by atoms with Crippen molar-refractivity contribution in [2.45, 2.75) is 20.8 Å². The maximum atomic E-state index is 13.5. The van der Waals surface area contributed by atoms with Crippen LogP contribution in [-0.2, 0) is 0 Å². The molecule has 0 spiro atoms. The standard InChI is InChI=1S/C12H15F2N/c1-8(2)6-7-15-12-10(13)5-4-9(3)11(12)14/h4-6,15H,7H2,1-3H3. The van der Waals surface area contributed by atoms with Crippen LogP contribution in [0, 0.1) is 18.6 Å². The fourth-order valence-electron chi connectivity index (χ4n) is 1.18. The van der Waals surface area contributed by atoms with E-state index in [1.165, 1.54) is 12.1 Å². The predicted molar refractivity (Wildman–Crippen MR) is 59.0 cm³/mol. The number of allylic oxidation sites excluding steroid dienone is 1. The predicted octanol–water partition coefficient (Wildman–Crippen LogP) is 3.65. The number of aryl methyl sites for hydroxylation is 1. The van der Waals surface area contributed by atoms with Gasteiger partial charge in [0.25, 0.3) is 0 Å². The highest BCUT2D eigenvalue weighted by molar-refractivity contribution is 5.49. The first-order valence-electron chi connectivity index (χ1n) is 4.84. The molecule has 1 aromatic rings. The van der Waals surface area contributed by atoms with E-state index in [2.05, 4.69) is 5.32 Å². The molecule has 0 radical (unpaired) electrons. The van der Waals surface area contributed by atoms with Gasteiger partial charge in [-0.05, 0) is 32.4 Å². The van der Waals surface area contributed by atoms with Crippen molar-refractivity contribution in [3.05, 3.63) is 41.0 Å².